The summed E-state index contributed by atoms with van der Waals surface area (Å²) in [7, 11) is 1.36. The second-order valence-electron chi connectivity index (χ2n) is 7.10. The summed E-state index contributed by atoms with van der Waals surface area (Å²) in [6.07, 6.45) is 0.624. The van der Waals surface area contributed by atoms with E-state index in [2.05, 4.69) is 30.7 Å². The highest BCUT2D eigenvalue weighted by molar-refractivity contribution is 6.31. The van der Waals surface area contributed by atoms with Crippen LogP contribution in [0.25, 0.3) is 10.9 Å². The van der Waals surface area contributed by atoms with Crippen molar-refractivity contribution in [3.05, 3.63) is 64.1 Å². The van der Waals surface area contributed by atoms with Gasteiger partial charge in [0.1, 0.15) is 5.69 Å². The van der Waals surface area contributed by atoms with Crippen LogP contribution in [0.4, 0.5) is 0 Å². The van der Waals surface area contributed by atoms with Gasteiger partial charge in [-0.15, -0.1) is 0 Å². The monoisotopic (exact) mass is 356 g/mol. The molecular formula is C20H21ClN2O2. The summed E-state index contributed by atoms with van der Waals surface area (Å²) >= 11 is 6.14. The van der Waals surface area contributed by atoms with Crippen molar-refractivity contribution in [3.63, 3.8) is 0 Å². The highest BCUT2D eigenvalue weighted by atomic mass is 35.5. The third kappa shape index (κ3) is 3.54. The van der Waals surface area contributed by atoms with Crippen LogP contribution in [0.3, 0.4) is 0 Å². The number of pyridine rings is 1. The number of halogens is 1. The normalized spacial score (nSPS) is 11.7. The van der Waals surface area contributed by atoms with E-state index in [0.717, 1.165) is 22.3 Å². The Balaban J connectivity index is 2.10. The fourth-order valence-corrected chi connectivity index (χ4v) is 3.20. The molecule has 0 bridgehead atoms. The molecule has 2 aromatic heterocycles. The van der Waals surface area contributed by atoms with E-state index in [1.54, 1.807) is 6.07 Å². The molecule has 1 N–H and O–H groups in total. The zero-order valence-electron chi connectivity index (χ0n) is 14.8. The first-order valence-electron chi connectivity index (χ1n) is 8.14. The van der Waals surface area contributed by atoms with Gasteiger partial charge >= 0.3 is 5.97 Å². The lowest BCUT2D eigenvalue weighted by molar-refractivity contribution is 0.0593. The number of ether oxygens (including phenoxy) is 1. The second kappa shape index (κ2) is 6.52. The molecule has 0 radical (unpaired) electrons. The highest BCUT2D eigenvalue weighted by Crippen LogP contribution is 2.33. The van der Waals surface area contributed by atoms with Crippen molar-refractivity contribution in [1.29, 1.82) is 0 Å². The lowest BCUT2D eigenvalue weighted by Crippen LogP contribution is -2.15. The number of aromatic nitrogens is 2. The Hall–Kier alpha value is -2.33. The molecule has 3 rings (SSSR count). The molecule has 0 spiro atoms. The van der Waals surface area contributed by atoms with Crippen LogP contribution in [-0.2, 0) is 16.6 Å². The third-order valence-corrected chi connectivity index (χ3v) is 4.41. The molecule has 0 amide bonds. The van der Waals surface area contributed by atoms with Gasteiger partial charge in [-0.2, -0.15) is 0 Å². The van der Waals surface area contributed by atoms with E-state index >= 15 is 0 Å². The topological polar surface area (TPSA) is 55.0 Å². The number of carbonyl (C=O) groups excluding carboxylic acids is 1. The van der Waals surface area contributed by atoms with Crippen molar-refractivity contribution in [2.75, 3.05) is 7.11 Å². The summed E-state index contributed by atoms with van der Waals surface area (Å²) in [5.74, 6) is -0.427. The Kier molecular flexibility index (Phi) is 4.56. The van der Waals surface area contributed by atoms with Crippen molar-refractivity contribution in [3.8, 4) is 0 Å². The average molecular weight is 357 g/mol. The van der Waals surface area contributed by atoms with Crippen LogP contribution in [0.2, 0.25) is 5.02 Å². The van der Waals surface area contributed by atoms with Crippen LogP contribution < -0.4 is 0 Å². The summed E-state index contributed by atoms with van der Waals surface area (Å²) in [6.45, 7) is 6.50. The highest BCUT2D eigenvalue weighted by Gasteiger charge is 2.23. The van der Waals surface area contributed by atoms with E-state index in [1.807, 2.05) is 30.3 Å². The van der Waals surface area contributed by atoms with E-state index in [9.17, 15) is 4.79 Å². The molecule has 1 aromatic carbocycles. The summed E-state index contributed by atoms with van der Waals surface area (Å²) in [5.41, 5.74) is 4.42. The standard InChI is InChI=1S/C20H21ClN2O2/c1-20(2,3)18-15(14-9-8-12(21)10-17(14)23-18)11-13-6-5-7-16(22-13)19(24)25-4/h5-10,23H,11H2,1-4H3. The minimum absolute atomic E-state index is 0.0548. The first kappa shape index (κ1) is 17.5. The number of hydrogen-bond acceptors (Lipinski definition) is 3. The second-order valence-corrected chi connectivity index (χ2v) is 7.54. The number of esters is 1. The van der Waals surface area contributed by atoms with Crippen LogP contribution in [-0.4, -0.2) is 23.0 Å². The van der Waals surface area contributed by atoms with Crippen molar-refractivity contribution in [2.45, 2.75) is 32.6 Å². The minimum Gasteiger partial charge on any atom is -0.464 e. The average Bonchev–Trinajstić information content (AvgIpc) is 2.92. The molecule has 4 nitrogen and oxygen atoms in total. The molecule has 0 saturated heterocycles. The number of benzene rings is 1. The maximum absolute atomic E-state index is 11.7. The molecule has 2 heterocycles. The number of nitrogens with zero attached hydrogens (tertiary/aromatic N) is 1. The van der Waals surface area contributed by atoms with Crippen LogP contribution in [0.1, 0.15) is 48.2 Å². The number of nitrogens with one attached hydrogen (secondary N) is 1. The van der Waals surface area contributed by atoms with Crippen molar-refractivity contribution in [2.24, 2.45) is 0 Å². The molecule has 3 aromatic rings. The maximum Gasteiger partial charge on any atom is 0.356 e. The molecule has 0 fully saturated rings. The summed E-state index contributed by atoms with van der Waals surface area (Å²) in [6, 6.07) is 11.3. The Morgan fingerprint density at radius 3 is 2.68 bits per heavy atom. The largest absolute Gasteiger partial charge is 0.464 e. The Bertz CT molecular complexity index is 939. The SMILES string of the molecule is COC(=O)c1cccc(Cc2c(C(C)(C)C)[nH]c3cc(Cl)ccc23)n1. The van der Waals surface area contributed by atoms with Gasteiger partial charge in [-0.1, -0.05) is 44.5 Å². The Morgan fingerprint density at radius 2 is 2.00 bits per heavy atom. The van der Waals surface area contributed by atoms with Crippen LogP contribution >= 0.6 is 11.6 Å². The molecule has 130 valence electrons. The predicted molar refractivity (Wildman–Crippen MR) is 100 cm³/mol. The molecule has 0 unspecified atom stereocenters. The molecule has 25 heavy (non-hydrogen) atoms. The smallest absolute Gasteiger partial charge is 0.356 e. The zero-order valence-corrected chi connectivity index (χ0v) is 15.6. The van der Waals surface area contributed by atoms with Crippen LogP contribution in [0, 0.1) is 0 Å². The van der Waals surface area contributed by atoms with E-state index < -0.39 is 5.97 Å². The van der Waals surface area contributed by atoms with Gasteiger partial charge in [-0.3, -0.25) is 0 Å². The molecule has 0 aliphatic carbocycles. The van der Waals surface area contributed by atoms with Crippen molar-refractivity contribution >= 4 is 28.5 Å². The summed E-state index contributed by atoms with van der Waals surface area (Å²) < 4.78 is 4.77. The van der Waals surface area contributed by atoms with E-state index in [0.29, 0.717) is 17.1 Å². The van der Waals surface area contributed by atoms with Gasteiger partial charge in [-0.05, 0) is 29.8 Å². The number of hydrogen-bond donors (Lipinski definition) is 1. The maximum atomic E-state index is 11.7. The Labute approximate surface area is 152 Å². The minimum atomic E-state index is -0.427. The van der Waals surface area contributed by atoms with Gasteiger partial charge in [0, 0.05) is 39.1 Å². The summed E-state index contributed by atoms with van der Waals surface area (Å²) in [4.78, 5) is 19.7. The lowest BCUT2D eigenvalue weighted by Gasteiger charge is -2.19. The van der Waals surface area contributed by atoms with Gasteiger partial charge in [0.05, 0.1) is 7.11 Å². The number of carbonyl (C=O) groups is 1. The third-order valence-electron chi connectivity index (χ3n) is 4.18. The fraction of sp³-hybridized carbons (Fsp3) is 0.300. The summed E-state index contributed by atoms with van der Waals surface area (Å²) in [5, 5.41) is 1.83. The van der Waals surface area contributed by atoms with Gasteiger partial charge < -0.3 is 9.72 Å². The van der Waals surface area contributed by atoms with Gasteiger partial charge in [0.15, 0.2) is 0 Å². The number of rotatable bonds is 3. The molecule has 0 saturated carbocycles. The number of aromatic amines is 1. The van der Waals surface area contributed by atoms with E-state index in [4.69, 9.17) is 16.3 Å². The first-order valence-corrected chi connectivity index (χ1v) is 8.52. The van der Waals surface area contributed by atoms with Gasteiger partial charge in [-0.25, -0.2) is 9.78 Å². The molecular weight excluding hydrogens is 336 g/mol. The number of methoxy groups -OCH3 is 1. The zero-order chi connectivity index (χ0) is 18.2. The quantitative estimate of drug-likeness (QED) is 0.679. The van der Waals surface area contributed by atoms with Crippen molar-refractivity contribution in [1.82, 2.24) is 9.97 Å². The van der Waals surface area contributed by atoms with Crippen LogP contribution in [0.15, 0.2) is 36.4 Å². The molecule has 0 aliphatic heterocycles. The van der Waals surface area contributed by atoms with E-state index in [1.165, 1.54) is 12.7 Å². The Morgan fingerprint density at radius 1 is 1.24 bits per heavy atom. The number of H-pyrrole nitrogens is 1. The van der Waals surface area contributed by atoms with Crippen LogP contribution in [0.5, 0.6) is 0 Å². The fourth-order valence-electron chi connectivity index (χ4n) is 3.03. The first-order chi connectivity index (χ1) is 11.8. The molecule has 0 aliphatic rings. The van der Waals surface area contributed by atoms with E-state index in [-0.39, 0.29) is 5.41 Å². The number of fused-ring (bicyclic) bond motifs is 1. The van der Waals surface area contributed by atoms with Crippen molar-refractivity contribution < 1.29 is 9.53 Å². The lowest BCUT2D eigenvalue weighted by atomic mass is 9.87. The van der Waals surface area contributed by atoms with Gasteiger partial charge in [0.2, 0.25) is 0 Å². The van der Waals surface area contributed by atoms with Gasteiger partial charge in [0.25, 0.3) is 0 Å². The molecule has 0 atom stereocenters. The predicted octanol–water partition coefficient (Wildman–Crippen LogP) is 4.89. The molecule has 5 heteroatoms.